The number of nitrogens with one attached hydrogen (secondary N) is 1. The van der Waals surface area contributed by atoms with Gasteiger partial charge in [0.25, 0.3) is 0 Å². The van der Waals surface area contributed by atoms with E-state index in [4.69, 9.17) is 18.9 Å². The highest BCUT2D eigenvalue weighted by Crippen LogP contribution is 2.38. The monoisotopic (exact) mass is 295 g/mol. The zero-order valence-corrected chi connectivity index (χ0v) is 13.3. The Bertz CT molecular complexity index is 439. The fourth-order valence-electron chi connectivity index (χ4n) is 2.65. The van der Waals surface area contributed by atoms with E-state index in [9.17, 15) is 0 Å². The van der Waals surface area contributed by atoms with Crippen LogP contribution in [0.2, 0.25) is 0 Å². The first-order valence-electron chi connectivity index (χ1n) is 7.33. The van der Waals surface area contributed by atoms with Gasteiger partial charge in [-0.15, -0.1) is 0 Å². The Hall–Kier alpha value is -1.46. The smallest absolute Gasteiger partial charge is 0.203 e. The van der Waals surface area contributed by atoms with Gasteiger partial charge in [-0.1, -0.05) is 0 Å². The molecule has 2 unspecified atom stereocenters. The third kappa shape index (κ3) is 4.02. The van der Waals surface area contributed by atoms with Crippen LogP contribution in [-0.4, -0.2) is 40.1 Å². The van der Waals surface area contributed by atoms with E-state index in [1.165, 1.54) is 0 Å². The predicted molar refractivity (Wildman–Crippen MR) is 81.4 cm³/mol. The minimum absolute atomic E-state index is 0.321. The average Bonchev–Trinajstić information content (AvgIpc) is 2.91. The van der Waals surface area contributed by atoms with E-state index in [0.29, 0.717) is 29.5 Å². The van der Waals surface area contributed by atoms with Crippen LogP contribution in [0.15, 0.2) is 12.1 Å². The number of methoxy groups -OCH3 is 3. The van der Waals surface area contributed by atoms with Crippen molar-refractivity contribution in [2.45, 2.75) is 38.5 Å². The fraction of sp³-hybridized carbons (Fsp3) is 0.625. The molecular formula is C16H25NO4. The molecule has 1 N–H and O–H groups in total. The summed E-state index contributed by atoms with van der Waals surface area (Å²) in [6.07, 6.45) is 2.99. The molecule has 2 atom stereocenters. The summed E-state index contributed by atoms with van der Waals surface area (Å²) in [5, 5.41) is 3.43. The van der Waals surface area contributed by atoms with Crippen LogP contribution < -0.4 is 19.5 Å². The lowest BCUT2D eigenvalue weighted by Gasteiger charge is -2.15. The second-order valence-electron chi connectivity index (χ2n) is 5.31. The Labute approximate surface area is 126 Å². The van der Waals surface area contributed by atoms with E-state index < -0.39 is 0 Å². The largest absolute Gasteiger partial charge is 0.493 e. The van der Waals surface area contributed by atoms with Gasteiger partial charge in [-0.3, -0.25) is 0 Å². The van der Waals surface area contributed by atoms with Crippen LogP contribution in [0.5, 0.6) is 17.2 Å². The topological polar surface area (TPSA) is 49.0 Å². The average molecular weight is 295 g/mol. The van der Waals surface area contributed by atoms with Gasteiger partial charge in [-0.25, -0.2) is 0 Å². The summed E-state index contributed by atoms with van der Waals surface area (Å²) in [5.41, 5.74) is 1.09. The van der Waals surface area contributed by atoms with Gasteiger partial charge in [-0.2, -0.15) is 0 Å². The third-order valence-corrected chi connectivity index (χ3v) is 3.75. The predicted octanol–water partition coefficient (Wildman–Crippen LogP) is 2.37. The molecule has 5 nitrogen and oxygen atoms in total. The van der Waals surface area contributed by atoms with Crippen molar-refractivity contribution in [3.8, 4) is 17.2 Å². The molecule has 0 radical (unpaired) electrons. The summed E-state index contributed by atoms with van der Waals surface area (Å²) in [6, 6.07) is 3.93. The van der Waals surface area contributed by atoms with Crippen LogP contribution in [-0.2, 0) is 11.3 Å². The first kappa shape index (κ1) is 15.9. The molecule has 0 aromatic heterocycles. The SMILES string of the molecule is COc1cc(CNCC2CCC(C)O2)cc(OC)c1OC. The van der Waals surface area contributed by atoms with Crippen molar-refractivity contribution < 1.29 is 18.9 Å². The first-order valence-corrected chi connectivity index (χ1v) is 7.33. The molecule has 0 spiro atoms. The molecule has 118 valence electrons. The van der Waals surface area contributed by atoms with Gasteiger partial charge in [0, 0.05) is 13.1 Å². The molecule has 1 aliphatic heterocycles. The highest BCUT2D eigenvalue weighted by molar-refractivity contribution is 5.53. The lowest BCUT2D eigenvalue weighted by molar-refractivity contribution is 0.0559. The summed E-state index contributed by atoms with van der Waals surface area (Å²) >= 11 is 0. The molecule has 1 fully saturated rings. The molecule has 0 saturated carbocycles. The van der Waals surface area contributed by atoms with Crippen LogP contribution in [0.4, 0.5) is 0 Å². The van der Waals surface area contributed by atoms with Gasteiger partial charge >= 0.3 is 0 Å². The molecule has 21 heavy (non-hydrogen) atoms. The minimum Gasteiger partial charge on any atom is -0.493 e. The maximum Gasteiger partial charge on any atom is 0.203 e. The van der Waals surface area contributed by atoms with Gasteiger partial charge in [0.05, 0.1) is 33.5 Å². The van der Waals surface area contributed by atoms with Crippen molar-refractivity contribution >= 4 is 0 Å². The molecule has 0 bridgehead atoms. The number of ether oxygens (including phenoxy) is 4. The number of benzene rings is 1. The van der Waals surface area contributed by atoms with Crippen LogP contribution in [0.3, 0.4) is 0 Å². The van der Waals surface area contributed by atoms with Gasteiger partial charge in [0.15, 0.2) is 11.5 Å². The molecular weight excluding hydrogens is 270 g/mol. The van der Waals surface area contributed by atoms with Gasteiger partial charge < -0.3 is 24.3 Å². The summed E-state index contributed by atoms with van der Waals surface area (Å²) in [4.78, 5) is 0. The Balaban J connectivity index is 1.96. The molecule has 1 aromatic rings. The van der Waals surface area contributed by atoms with E-state index in [2.05, 4.69) is 12.2 Å². The standard InChI is InChI=1S/C16H25NO4/c1-11-5-6-13(21-11)10-17-9-12-7-14(18-2)16(20-4)15(8-12)19-3/h7-8,11,13,17H,5-6,9-10H2,1-4H3. The van der Waals surface area contributed by atoms with Crippen molar-refractivity contribution in [2.24, 2.45) is 0 Å². The molecule has 5 heteroatoms. The van der Waals surface area contributed by atoms with Crippen molar-refractivity contribution in [3.05, 3.63) is 17.7 Å². The second kappa shape index (κ2) is 7.52. The molecule has 1 aromatic carbocycles. The zero-order chi connectivity index (χ0) is 15.2. The summed E-state index contributed by atoms with van der Waals surface area (Å²) in [6.45, 7) is 3.73. The lowest BCUT2D eigenvalue weighted by atomic mass is 10.1. The van der Waals surface area contributed by atoms with E-state index in [1.807, 2.05) is 12.1 Å². The normalized spacial score (nSPS) is 21.3. The fourth-order valence-corrected chi connectivity index (χ4v) is 2.65. The van der Waals surface area contributed by atoms with Crippen LogP contribution >= 0.6 is 0 Å². The van der Waals surface area contributed by atoms with E-state index in [-0.39, 0.29) is 0 Å². The molecule has 1 heterocycles. The maximum absolute atomic E-state index is 5.79. The Morgan fingerprint density at radius 2 is 1.76 bits per heavy atom. The third-order valence-electron chi connectivity index (χ3n) is 3.75. The summed E-state index contributed by atoms with van der Waals surface area (Å²) in [5.74, 6) is 1.98. The van der Waals surface area contributed by atoms with Crippen molar-refractivity contribution in [3.63, 3.8) is 0 Å². The molecule has 0 aliphatic carbocycles. The molecule has 1 aliphatic rings. The number of hydrogen-bond donors (Lipinski definition) is 1. The maximum atomic E-state index is 5.79. The Kier molecular flexibility index (Phi) is 5.70. The van der Waals surface area contributed by atoms with Gasteiger partial charge in [0.1, 0.15) is 0 Å². The van der Waals surface area contributed by atoms with Gasteiger partial charge in [-0.05, 0) is 37.5 Å². The minimum atomic E-state index is 0.321. The number of hydrogen-bond acceptors (Lipinski definition) is 5. The zero-order valence-electron chi connectivity index (χ0n) is 13.3. The van der Waals surface area contributed by atoms with Crippen molar-refractivity contribution in [1.82, 2.24) is 5.32 Å². The summed E-state index contributed by atoms with van der Waals surface area (Å²) < 4.78 is 21.8. The van der Waals surface area contributed by atoms with E-state index in [1.54, 1.807) is 21.3 Å². The van der Waals surface area contributed by atoms with Crippen molar-refractivity contribution in [2.75, 3.05) is 27.9 Å². The first-order chi connectivity index (χ1) is 10.2. The van der Waals surface area contributed by atoms with Gasteiger partial charge in [0.2, 0.25) is 5.75 Å². The molecule has 1 saturated heterocycles. The lowest BCUT2D eigenvalue weighted by Crippen LogP contribution is -2.26. The Morgan fingerprint density at radius 1 is 1.10 bits per heavy atom. The van der Waals surface area contributed by atoms with Crippen LogP contribution in [0, 0.1) is 0 Å². The quantitative estimate of drug-likeness (QED) is 0.837. The molecule has 0 amide bonds. The highest BCUT2D eigenvalue weighted by Gasteiger charge is 2.21. The second-order valence-corrected chi connectivity index (χ2v) is 5.31. The molecule has 2 rings (SSSR count). The van der Waals surface area contributed by atoms with E-state index in [0.717, 1.165) is 31.5 Å². The Morgan fingerprint density at radius 3 is 2.24 bits per heavy atom. The highest BCUT2D eigenvalue weighted by atomic mass is 16.5. The number of rotatable bonds is 7. The van der Waals surface area contributed by atoms with Crippen molar-refractivity contribution in [1.29, 1.82) is 0 Å². The van der Waals surface area contributed by atoms with E-state index >= 15 is 0 Å². The van der Waals surface area contributed by atoms with Crippen LogP contribution in [0.25, 0.3) is 0 Å². The summed E-state index contributed by atoms with van der Waals surface area (Å²) in [7, 11) is 4.86. The van der Waals surface area contributed by atoms with Crippen LogP contribution in [0.1, 0.15) is 25.3 Å².